The number of imidazole rings is 2. The second-order valence-electron chi connectivity index (χ2n) is 4.06. The zero-order valence-electron chi connectivity index (χ0n) is 9.62. The average molecular weight is 262 g/mol. The van der Waals surface area contributed by atoms with Crippen molar-refractivity contribution < 1.29 is 0 Å². The number of halogens is 1. The van der Waals surface area contributed by atoms with Gasteiger partial charge in [-0.1, -0.05) is 11.6 Å². The molecule has 0 amide bonds. The number of hydrogen-bond acceptors (Lipinski definition) is 3. The van der Waals surface area contributed by atoms with Gasteiger partial charge in [0.25, 0.3) is 0 Å². The first-order valence-corrected chi connectivity index (χ1v) is 5.99. The Morgan fingerprint density at radius 2 is 2.17 bits per heavy atom. The molecule has 0 aliphatic heterocycles. The van der Waals surface area contributed by atoms with Crippen LogP contribution in [0.15, 0.2) is 36.9 Å². The number of rotatable bonds is 3. The standard InChI is InChI=1S/C12H12ClN5/c13-9-1-2-10-11(7-9)18(12(14)16-10)6-5-17-4-3-15-8-17/h1-4,7-8H,5-6H2,(H2,14,16). The summed E-state index contributed by atoms with van der Waals surface area (Å²) in [7, 11) is 0. The van der Waals surface area contributed by atoms with Gasteiger partial charge in [-0.05, 0) is 18.2 Å². The van der Waals surface area contributed by atoms with Crippen molar-refractivity contribution in [2.24, 2.45) is 0 Å². The minimum Gasteiger partial charge on any atom is -0.369 e. The molecule has 0 bridgehead atoms. The van der Waals surface area contributed by atoms with E-state index in [1.54, 1.807) is 12.5 Å². The number of aromatic nitrogens is 4. The molecule has 3 aromatic rings. The Morgan fingerprint density at radius 1 is 1.28 bits per heavy atom. The third-order valence-electron chi connectivity index (χ3n) is 2.88. The normalized spacial score (nSPS) is 11.2. The highest BCUT2D eigenvalue weighted by Gasteiger charge is 2.08. The van der Waals surface area contributed by atoms with Gasteiger partial charge in [-0.3, -0.25) is 0 Å². The van der Waals surface area contributed by atoms with Crippen LogP contribution in [-0.2, 0) is 13.1 Å². The van der Waals surface area contributed by atoms with Gasteiger partial charge in [-0.25, -0.2) is 9.97 Å². The van der Waals surface area contributed by atoms with E-state index in [1.165, 1.54) is 0 Å². The van der Waals surface area contributed by atoms with Gasteiger partial charge in [0.15, 0.2) is 0 Å². The van der Waals surface area contributed by atoms with E-state index < -0.39 is 0 Å². The van der Waals surface area contributed by atoms with Crippen LogP contribution in [0.1, 0.15) is 0 Å². The molecule has 0 fully saturated rings. The van der Waals surface area contributed by atoms with E-state index in [-0.39, 0.29) is 0 Å². The Morgan fingerprint density at radius 3 is 2.94 bits per heavy atom. The molecule has 0 saturated carbocycles. The van der Waals surface area contributed by atoms with Crippen molar-refractivity contribution in [1.82, 2.24) is 19.1 Å². The van der Waals surface area contributed by atoms with Crippen molar-refractivity contribution in [3.8, 4) is 0 Å². The predicted molar refractivity (Wildman–Crippen MR) is 71.4 cm³/mol. The minimum absolute atomic E-state index is 0.507. The van der Waals surface area contributed by atoms with Gasteiger partial charge >= 0.3 is 0 Å². The fourth-order valence-corrected chi connectivity index (χ4v) is 2.15. The third kappa shape index (κ3) is 1.93. The summed E-state index contributed by atoms with van der Waals surface area (Å²) in [6.45, 7) is 1.53. The van der Waals surface area contributed by atoms with Gasteiger partial charge in [0.05, 0.1) is 17.4 Å². The van der Waals surface area contributed by atoms with Crippen LogP contribution in [0.5, 0.6) is 0 Å². The molecule has 0 unspecified atom stereocenters. The first kappa shape index (κ1) is 11.1. The maximum absolute atomic E-state index is 6.00. The molecule has 3 rings (SSSR count). The van der Waals surface area contributed by atoms with Gasteiger partial charge in [0, 0.05) is 30.5 Å². The second-order valence-corrected chi connectivity index (χ2v) is 4.49. The second kappa shape index (κ2) is 4.34. The van der Waals surface area contributed by atoms with Crippen molar-refractivity contribution in [3.05, 3.63) is 41.9 Å². The Hall–Kier alpha value is -2.01. The van der Waals surface area contributed by atoms with E-state index in [0.717, 1.165) is 24.1 Å². The molecule has 6 heteroatoms. The van der Waals surface area contributed by atoms with Crippen LogP contribution in [0.2, 0.25) is 5.02 Å². The number of hydrogen-bond donors (Lipinski definition) is 1. The lowest BCUT2D eigenvalue weighted by Crippen LogP contribution is -2.08. The smallest absolute Gasteiger partial charge is 0.201 e. The molecule has 0 atom stereocenters. The zero-order chi connectivity index (χ0) is 12.5. The predicted octanol–water partition coefficient (Wildman–Crippen LogP) is 2.17. The summed E-state index contributed by atoms with van der Waals surface area (Å²) in [5, 5.41) is 0.686. The van der Waals surface area contributed by atoms with Crippen molar-refractivity contribution in [3.63, 3.8) is 0 Å². The number of nitrogen functional groups attached to an aromatic ring is 1. The van der Waals surface area contributed by atoms with Crippen LogP contribution in [0.25, 0.3) is 11.0 Å². The molecule has 2 aromatic heterocycles. The van der Waals surface area contributed by atoms with Crippen LogP contribution < -0.4 is 5.73 Å². The SMILES string of the molecule is Nc1nc2ccc(Cl)cc2n1CCn1ccnc1. The monoisotopic (exact) mass is 261 g/mol. The lowest BCUT2D eigenvalue weighted by Gasteiger charge is -2.07. The van der Waals surface area contributed by atoms with Crippen LogP contribution in [0, 0.1) is 0 Å². The van der Waals surface area contributed by atoms with Gasteiger partial charge in [-0.2, -0.15) is 0 Å². The van der Waals surface area contributed by atoms with E-state index in [9.17, 15) is 0 Å². The minimum atomic E-state index is 0.507. The number of anilines is 1. The molecular weight excluding hydrogens is 250 g/mol. The van der Waals surface area contributed by atoms with E-state index in [0.29, 0.717) is 11.0 Å². The lowest BCUT2D eigenvalue weighted by atomic mass is 10.3. The molecule has 0 aliphatic rings. The molecule has 92 valence electrons. The van der Waals surface area contributed by atoms with E-state index in [4.69, 9.17) is 17.3 Å². The molecule has 0 saturated heterocycles. The van der Waals surface area contributed by atoms with E-state index >= 15 is 0 Å². The van der Waals surface area contributed by atoms with Crippen molar-refractivity contribution >= 4 is 28.6 Å². The Kier molecular flexibility index (Phi) is 2.68. The largest absolute Gasteiger partial charge is 0.369 e. The fraction of sp³-hybridized carbons (Fsp3) is 0.167. The summed E-state index contributed by atoms with van der Waals surface area (Å²) in [4.78, 5) is 8.32. The van der Waals surface area contributed by atoms with E-state index in [2.05, 4.69) is 9.97 Å². The molecule has 2 N–H and O–H groups in total. The van der Waals surface area contributed by atoms with Gasteiger partial charge in [0.2, 0.25) is 5.95 Å². The molecule has 5 nitrogen and oxygen atoms in total. The first-order chi connectivity index (χ1) is 8.74. The summed E-state index contributed by atoms with van der Waals surface area (Å²) < 4.78 is 3.96. The topological polar surface area (TPSA) is 61.7 Å². The van der Waals surface area contributed by atoms with Crippen LogP contribution >= 0.6 is 11.6 Å². The number of fused-ring (bicyclic) bond motifs is 1. The van der Waals surface area contributed by atoms with Gasteiger partial charge in [-0.15, -0.1) is 0 Å². The zero-order valence-corrected chi connectivity index (χ0v) is 10.4. The number of nitrogens with two attached hydrogens (primary N) is 1. The summed E-state index contributed by atoms with van der Waals surface area (Å²) >= 11 is 6.00. The average Bonchev–Trinajstić information content (AvgIpc) is 2.94. The maximum atomic E-state index is 6.00. The summed E-state index contributed by atoms with van der Waals surface area (Å²) in [6, 6.07) is 5.58. The molecule has 18 heavy (non-hydrogen) atoms. The molecular formula is C12H12ClN5. The number of nitrogens with zero attached hydrogens (tertiary/aromatic N) is 4. The van der Waals surface area contributed by atoms with Crippen molar-refractivity contribution in [2.45, 2.75) is 13.1 Å². The highest BCUT2D eigenvalue weighted by atomic mass is 35.5. The molecule has 0 radical (unpaired) electrons. The molecule has 0 aliphatic carbocycles. The van der Waals surface area contributed by atoms with Crippen LogP contribution in [0.3, 0.4) is 0 Å². The highest BCUT2D eigenvalue weighted by Crippen LogP contribution is 2.21. The molecule has 2 heterocycles. The van der Waals surface area contributed by atoms with Crippen molar-refractivity contribution in [1.29, 1.82) is 0 Å². The highest BCUT2D eigenvalue weighted by molar-refractivity contribution is 6.31. The Balaban J connectivity index is 1.95. The van der Waals surface area contributed by atoms with E-state index in [1.807, 2.05) is 33.5 Å². The van der Waals surface area contributed by atoms with Crippen LogP contribution in [0.4, 0.5) is 5.95 Å². The maximum Gasteiger partial charge on any atom is 0.201 e. The molecule has 0 spiro atoms. The fourth-order valence-electron chi connectivity index (χ4n) is 1.98. The molecule has 1 aromatic carbocycles. The first-order valence-electron chi connectivity index (χ1n) is 5.61. The Labute approximate surface area is 109 Å². The van der Waals surface area contributed by atoms with Crippen LogP contribution in [-0.4, -0.2) is 19.1 Å². The number of benzene rings is 1. The summed E-state index contributed by atoms with van der Waals surface area (Å²) in [5.74, 6) is 0.507. The van der Waals surface area contributed by atoms with Crippen molar-refractivity contribution in [2.75, 3.05) is 5.73 Å². The summed E-state index contributed by atoms with van der Waals surface area (Å²) in [5.41, 5.74) is 7.75. The summed E-state index contributed by atoms with van der Waals surface area (Å²) in [6.07, 6.45) is 5.46. The van der Waals surface area contributed by atoms with Gasteiger partial charge < -0.3 is 14.9 Å². The van der Waals surface area contributed by atoms with Gasteiger partial charge in [0.1, 0.15) is 0 Å². The lowest BCUT2D eigenvalue weighted by molar-refractivity contribution is 0.594. The number of aryl methyl sites for hydroxylation is 2. The third-order valence-corrected chi connectivity index (χ3v) is 3.12. The quantitative estimate of drug-likeness (QED) is 0.786. The Bertz CT molecular complexity index is 671.